The van der Waals surface area contributed by atoms with E-state index in [0.29, 0.717) is 6.42 Å². The van der Waals surface area contributed by atoms with Crippen molar-refractivity contribution < 1.29 is 4.79 Å². The lowest BCUT2D eigenvalue weighted by molar-refractivity contribution is -0.104. The van der Waals surface area contributed by atoms with Gasteiger partial charge in [-0.1, -0.05) is 60.7 Å². The van der Waals surface area contributed by atoms with Gasteiger partial charge in [0.1, 0.15) is 6.29 Å². The smallest absolute Gasteiger partial charge is 0.146 e. The van der Waals surface area contributed by atoms with Crippen molar-refractivity contribution in [2.24, 2.45) is 0 Å². The van der Waals surface area contributed by atoms with Crippen LogP contribution in [0.25, 0.3) is 6.08 Å². The molecule has 27 heavy (non-hydrogen) atoms. The highest BCUT2D eigenvalue weighted by Gasteiger charge is 2.11. The molecule has 3 rings (SSSR count). The molecule has 3 aromatic rings. The molecule has 0 fully saturated rings. The van der Waals surface area contributed by atoms with Crippen LogP contribution in [-0.2, 0) is 4.79 Å². The third kappa shape index (κ3) is 4.83. The molecule has 3 aromatic carbocycles. The van der Waals surface area contributed by atoms with E-state index in [-0.39, 0.29) is 0 Å². The average Bonchev–Trinajstić information content (AvgIpc) is 2.70. The molecule has 0 unspecified atom stereocenters. The molecule has 0 aromatic heterocycles. The van der Waals surface area contributed by atoms with Crippen molar-refractivity contribution in [3.05, 3.63) is 108 Å². The van der Waals surface area contributed by atoms with Gasteiger partial charge in [-0.15, -0.1) is 0 Å². The lowest BCUT2D eigenvalue weighted by atomic mass is 10.1. The fourth-order valence-corrected chi connectivity index (χ4v) is 3.01. The highest BCUT2D eigenvalue weighted by molar-refractivity contribution is 5.83. The lowest BCUT2D eigenvalue weighted by Gasteiger charge is -2.25. The van der Waals surface area contributed by atoms with Crippen LogP contribution < -0.4 is 4.90 Å². The summed E-state index contributed by atoms with van der Waals surface area (Å²) in [7, 11) is 0. The summed E-state index contributed by atoms with van der Waals surface area (Å²) >= 11 is 0. The molecule has 2 nitrogen and oxygen atoms in total. The van der Waals surface area contributed by atoms with Crippen LogP contribution in [0, 0.1) is 0 Å². The van der Waals surface area contributed by atoms with Gasteiger partial charge in [-0.2, -0.15) is 0 Å². The topological polar surface area (TPSA) is 20.3 Å². The summed E-state index contributed by atoms with van der Waals surface area (Å²) in [5.74, 6) is 0. The van der Waals surface area contributed by atoms with Crippen LogP contribution in [0.15, 0.2) is 103 Å². The average molecular weight is 353 g/mol. The number of carbonyl (C=O) groups excluding carboxylic acids is 1. The van der Waals surface area contributed by atoms with Gasteiger partial charge in [0.25, 0.3) is 0 Å². The third-order valence-corrected chi connectivity index (χ3v) is 4.19. The van der Waals surface area contributed by atoms with Crippen LogP contribution in [0.1, 0.15) is 18.9 Å². The van der Waals surface area contributed by atoms with E-state index >= 15 is 0 Å². The molecule has 0 saturated carbocycles. The van der Waals surface area contributed by atoms with Gasteiger partial charge in [0.05, 0.1) is 0 Å². The maximum absolute atomic E-state index is 11.3. The number of anilines is 3. The molecule has 0 spiro atoms. The Labute approximate surface area is 161 Å². The molecule has 0 radical (unpaired) electrons. The van der Waals surface area contributed by atoms with Crippen LogP contribution in [0.4, 0.5) is 17.1 Å². The van der Waals surface area contributed by atoms with E-state index in [1.165, 1.54) is 0 Å². The van der Waals surface area contributed by atoms with Gasteiger partial charge in [0, 0.05) is 17.1 Å². The number of rotatable bonds is 7. The van der Waals surface area contributed by atoms with Crippen molar-refractivity contribution in [1.82, 2.24) is 0 Å². The van der Waals surface area contributed by atoms with E-state index in [1.54, 1.807) is 0 Å². The predicted molar refractivity (Wildman–Crippen MR) is 115 cm³/mol. The van der Waals surface area contributed by atoms with E-state index in [2.05, 4.69) is 47.9 Å². The molecule has 0 N–H and O–H groups in total. The summed E-state index contributed by atoms with van der Waals surface area (Å²) in [6.07, 6.45) is 3.43. The van der Waals surface area contributed by atoms with Gasteiger partial charge < -0.3 is 4.90 Å². The van der Waals surface area contributed by atoms with E-state index in [9.17, 15) is 4.79 Å². The Morgan fingerprint density at radius 3 is 1.74 bits per heavy atom. The zero-order valence-electron chi connectivity index (χ0n) is 15.5. The van der Waals surface area contributed by atoms with Crippen LogP contribution in [0.3, 0.4) is 0 Å². The van der Waals surface area contributed by atoms with Crippen LogP contribution in [0.5, 0.6) is 0 Å². The van der Waals surface area contributed by atoms with Crippen molar-refractivity contribution in [2.45, 2.75) is 13.3 Å². The molecule has 0 atom stereocenters. The van der Waals surface area contributed by atoms with Crippen molar-refractivity contribution in [3.63, 3.8) is 0 Å². The second-order valence-corrected chi connectivity index (χ2v) is 6.57. The number of nitrogens with zero attached hydrogens (tertiary/aromatic N) is 1. The molecular weight excluding hydrogens is 330 g/mol. The number of benzene rings is 3. The predicted octanol–water partition coefficient (Wildman–Crippen LogP) is 6.70. The van der Waals surface area contributed by atoms with Crippen LogP contribution in [-0.4, -0.2) is 6.29 Å². The van der Waals surface area contributed by atoms with Crippen molar-refractivity contribution in [2.75, 3.05) is 4.90 Å². The molecular formula is C25H23NO. The summed E-state index contributed by atoms with van der Waals surface area (Å²) in [4.78, 5) is 13.5. The number of aldehydes is 1. The molecule has 0 aliphatic carbocycles. The Kier molecular flexibility index (Phi) is 6.01. The summed E-state index contributed by atoms with van der Waals surface area (Å²) in [6.45, 7) is 5.81. The van der Waals surface area contributed by atoms with Crippen molar-refractivity contribution in [1.29, 1.82) is 0 Å². The number of para-hydroxylation sites is 2. The van der Waals surface area contributed by atoms with Gasteiger partial charge in [-0.3, -0.25) is 4.79 Å². The molecule has 2 heteroatoms. The quantitative estimate of drug-likeness (QED) is 0.267. The fraction of sp³-hybridized carbons (Fsp3) is 0.0800. The first-order valence-electron chi connectivity index (χ1n) is 8.98. The van der Waals surface area contributed by atoms with Gasteiger partial charge in [-0.05, 0) is 67.0 Å². The normalized spacial score (nSPS) is 11.1. The molecule has 0 saturated heterocycles. The second kappa shape index (κ2) is 8.81. The molecule has 0 heterocycles. The van der Waals surface area contributed by atoms with E-state index < -0.39 is 0 Å². The Bertz CT molecular complexity index is 886. The number of hydrogen-bond acceptors (Lipinski definition) is 2. The minimum Gasteiger partial charge on any atom is -0.311 e. The first-order chi connectivity index (χ1) is 13.2. The maximum atomic E-state index is 11.3. The van der Waals surface area contributed by atoms with Crippen LogP contribution in [0.2, 0.25) is 0 Å². The number of carbonyl (C=O) groups is 1. The Hall–Kier alpha value is -3.39. The monoisotopic (exact) mass is 353 g/mol. The van der Waals surface area contributed by atoms with E-state index in [4.69, 9.17) is 0 Å². The number of hydrogen-bond donors (Lipinski definition) is 0. The van der Waals surface area contributed by atoms with Crippen LogP contribution >= 0.6 is 0 Å². The third-order valence-electron chi connectivity index (χ3n) is 4.19. The van der Waals surface area contributed by atoms with Gasteiger partial charge in [-0.25, -0.2) is 0 Å². The standard InChI is InChI=1S/C25H23NO/c1-20(2)17-22(19-27)18-21-13-15-25(16-14-21)26(23-9-5-3-6-10-23)24-11-7-4-8-12-24/h3-16,18-19H,1,17H2,2H3/b22-18-. The molecule has 0 aliphatic rings. The number of allylic oxidation sites excluding steroid dienone is 2. The van der Waals surface area contributed by atoms with Gasteiger partial charge in [0.15, 0.2) is 0 Å². The van der Waals surface area contributed by atoms with Crippen molar-refractivity contribution in [3.8, 4) is 0 Å². The molecule has 0 aliphatic heterocycles. The van der Waals surface area contributed by atoms with E-state index in [1.807, 2.05) is 61.5 Å². The maximum Gasteiger partial charge on any atom is 0.146 e. The second-order valence-electron chi connectivity index (χ2n) is 6.57. The minimum atomic E-state index is 0.603. The highest BCUT2D eigenvalue weighted by atomic mass is 16.1. The summed E-state index contributed by atoms with van der Waals surface area (Å²) in [5.41, 5.74) is 5.98. The van der Waals surface area contributed by atoms with Crippen molar-refractivity contribution >= 4 is 29.4 Å². The SMILES string of the molecule is C=C(C)C/C(C=O)=C/c1ccc(N(c2ccccc2)c2ccccc2)cc1. The van der Waals surface area contributed by atoms with E-state index in [0.717, 1.165) is 40.1 Å². The fourth-order valence-electron chi connectivity index (χ4n) is 3.01. The zero-order valence-corrected chi connectivity index (χ0v) is 15.5. The summed E-state index contributed by atoms with van der Waals surface area (Å²) < 4.78 is 0. The Morgan fingerprint density at radius 1 is 0.815 bits per heavy atom. The first kappa shape index (κ1) is 18.4. The minimum absolute atomic E-state index is 0.603. The molecule has 0 amide bonds. The largest absolute Gasteiger partial charge is 0.311 e. The summed E-state index contributed by atoms with van der Waals surface area (Å²) in [6, 6.07) is 28.8. The van der Waals surface area contributed by atoms with Gasteiger partial charge in [0.2, 0.25) is 0 Å². The molecule has 134 valence electrons. The first-order valence-corrected chi connectivity index (χ1v) is 8.98. The summed E-state index contributed by atoms with van der Waals surface area (Å²) in [5, 5.41) is 0. The van der Waals surface area contributed by atoms with Gasteiger partial charge >= 0.3 is 0 Å². The highest BCUT2D eigenvalue weighted by Crippen LogP contribution is 2.34. The molecule has 0 bridgehead atoms. The zero-order chi connectivity index (χ0) is 19.1. The Morgan fingerprint density at radius 2 is 1.30 bits per heavy atom. The Balaban J connectivity index is 1.96. The lowest BCUT2D eigenvalue weighted by Crippen LogP contribution is -2.09.